The topological polar surface area (TPSA) is 26.0 Å². The van der Waals surface area contributed by atoms with Gasteiger partial charge in [0.25, 0.3) is 0 Å². The number of hydrogen-bond donors (Lipinski definition) is 1. The number of benzene rings is 2. The molecule has 0 saturated carbocycles. The zero-order chi connectivity index (χ0) is 14.0. The fraction of sp³-hybridized carbons (Fsp3) is 0.294. The van der Waals surface area contributed by atoms with E-state index in [9.17, 15) is 4.39 Å². The van der Waals surface area contributed by atoms with Crippen molar-refractivity contribution in [2.75, 3.05) is 0 Å². The molecule has 2 aromatic carbocycles. The largest absolute Gasteiger partial charge is 0.318 e. The van der Waals surface area contributed by atoms with E-state index in [-0.39, 0.29) is 5.82 Å². The van der Waals surface area contributed by atoms with Crippen LogP contribution in [0.2, 0.25) is 0 Å². The molecule has 0 aliphatic heterocycles. The molecule has 1 atom stereocenters. The van der Waals surface area contributed by atoms with Crippen molar-refractivity contribution in [3.8, 4) is 0 Å². The van der Waals surface area contributed by atoms with Gasteiger partial charge >= 0.3 is 0 Å². The summed E-state index contributed by atoms with van der Waals surface area (Å²) >= 11 is 0. The Labute approximate surface area is 114 Å². The number of aryl methyl sites for hydroxylation is 2. The highest BCUT2D eigenvalue weighted by Gasteiger charge is 2.24. The van der Waals surface area contributed by atoms with Crippen LogP contribution in [0.3, 0.4) is 0 Å². The smallest absolute Gasteiger partial charge is 0.123 e. The lowest BCUT2D eigenvalue weighted by atomic mass is 9.84. The molecule has 0 aliphatic rings. The number of nitrogens with two attached hydrogens (primary N) is 1. The van der Waals surface area contributed by atoms with Gasteiger partial charge in [0.15, 0.2) is 0 Å². The molecule has 0 amide bonds. The molecule has 0 radical (unpaired) electrons. The van der Waals surface area contributed by atoms with Crippen molar-refractivity contribution in [2.45, 2.75) is 32.7 Å². The SMILES string of the molecule is CCc1ccc(C(C)(N)c2cc(C)cc(F)c2)cc1. The van der Waals surface area contributed by atoms with Crippen LogP contribution in [-0.2, 0) is 12.0 Å². The number of halogens is 1. The van der Waals surface area contributed by atoms with Crippen molar-refractivity contribution in [3.63, 3.8) is 0 Å². The minimum Gasteiger partial charge on any atom is -0.318 e. The van der Waals surface area contributed by atoms with Gasteiger partial charge in [0.05, 0.1) is 5.54 Å². The molecule has 1 unspecified atom stereocenters. The third-order valence-corrected chi connectivity index (χ3v) is 3.60. The van der Waals surface area contributed by atoms with Crippen LogP contribution in [0.4, 0.5) is 4.39 Å². The van der Waals surface area contributed by atoms with Crippen molar-refractivity contribution < 1.29 is 4.39 Å². The second-order valence-electron chi connectivity index (χ2n) is 5.27. The Kier molecular flexibility index (Phi) is 3.72. The molecule has 0 saturated heterocycles. The van der Waals surface area contributed by atoms with Gasteiger partial charge in [-0.3, -0.25) is 0 Å². The summed E-state index contributed by atoms with van der Waals surface area (Å²) in [5.74, 6) is -0.239. The van der Waals surface area contributed by atoms with Crippen molar-refractivity contribution in [1.29, 1.82) is 0 Å². The summed E-state index contributed by atoms with van der Waals surface area (Å²) in [6.07, 6.45) is 1.00. The molecule has 0 heterocycles. The van der Waals surface area contributed by atoms with Gasteiger partial charge in [-0.25, -0.2) is 4.39 Å². The third-order valence-electron chi connectivity index (χ3n) is 3.60. The van der Waals surface area contributed by atoms with Crippen LogP contribution in [0, 0.1) is 12.7 Å². The van der Waals surface area contributed by atoms with E-state index in [0.717, 1.165) is 23.1 Å². The fourth-order valence-electron chi connectivity index (χ4n) is 2.29. The summed E-state index contributed by atoms with van der Waals surface area (Å²) in [5, 5.41) is 0. The normalized spacial score (nSPS) is 14.2. The molecule has 2 rings (SSSR count). The first-order valence-corrected chi connectivity index (χ1v) is 6.59. The Morgan fingerprint density at radius 1 is 1.05 bits per heavy atom. The lowest BCUT2D eigenvalue weighted by molar-refractivity contribution is 0.580. The molecule has 1 nitrogen and oxygen atoms in total. The Morgan fingerprint density at radius 2 is 1.68 bits per heavy atom. The average molecular weight is 257 g/mol. The standard InChI is InChI=1S/C17H20FN/c1-4-13-5-7-14(8-6-13)17(3,19)15-9-12(2)10-16(18)11-15/h5-11H,4,19H2,1-3H3. The first-order valence-electron chi connectivity index (χ1n) is 6.59. The summed E-state index contributed by atoms with van der Waals surface area (Å²) < 4.78 is 13.5. The summed E-state index contributed by atoms with van der Waals surface area (Å²) in [7, 11) is 0. The summed E-state index contributed by atoms with van der Waals surface area (Å²) in [5.41, 5.74) is 9.69. The molecule has 0 aliphatic carbocycles. The van der Waals surface area contributed by atoms with Crippen molar-refractivity contribution in [1.82, 2.24) is 0 Å². The Bertz CT molecular complexity index is 550. The van der Waals surface area contributed by atoms with Crippen LogP contribution < -0.4 is 5.73 Å². The van der Waals surface area contributed by atoms with E-state index >= 15 is 0 Å². The van der Waals surface area contributed by atoms with Crippen LogP contribution >= 0.6 is 0 Å². The van der Waals surface area contributed by atoms with E-state index in [2.05, 4.69) is 19.1 Å². The van der Waals surface area contributed by atoms with Gasteiger partial charge in [0, 0.05) is 0 Å². The van der Waals surface area contributed by atoms with E-state index in [4.69, 9.17) is 5.73 Å². The highest BCUT2D eigenvalue weighted by Crippen LogP contribution is 2.28. The first-order chi connectivity index (χ1) is 8.93. The van der Waals surface area contributed by atoms with Crippen molar-refractivity contribution in [2.24, 2.45) is 5.73 Å². The lowest BCUT2D eigenvalue weighted by Crippen LogP contribution is -2.34. The van der Waals surface area contributed by atoms with Gasteiger partial charge in [0.1, 0.15) is 5.82 Å². The molecule has 0 bridgehead atoms. The summed E-state index contributed by atoms with van der Waals surface area (Å²) in [6.45, 7) is 5.91. The maximum Gasteiger partial charge on any atom is 0.123 e. The van der Waals surface area contributed by atoms with Gasteiger partial charge in [-0.15, -0.1) is 0 Å². The van der Waals surface area contributed by atoms with Crippen molar-refractivity contribution in [3.05, 3.63) is 70.5 Å². The van der Waals surface area contributed by atoms with E-state index in [1.54, 1.807) is 0 Å². The van der Waals surface area contributed by atoms with Gasteiger partial charge in [0.2, 0.25) is 0 Å². The van der Waals surface area contributed by atoms with Gasteiger partial charge in [-0.05, 0) is 54.7 Å². The molecule has 2 N–H and O–H groups in total. The highest BCUT2D eigenvalue weighted by atomic mass is 19.1. The van der Waals surface area contributed by atoms with Gasteiger partial charge in [-0.1, -0.05) is 37.3 Å². The maximum atomic E-state index is 13.5. The average Bonchev–Trinajstić information content (AvgIpc) is 2.37. The quantitative estimate of drug-likeness (QED) is 0.886. The van der Waals surface area contributed by atoms with Gasteiger partial charge in [-0.2, -0.15) is 0 Å². The van der Waals surface area contributed by atoms with E-state index in [0.29, 0.717) is 0 Å². The molecule has 2 aromatic rings. The van der Waals surface area contributed by atoms with Crippen molar-refractivity contribution >= 4 is 0 Å². The van der Waals surface area contributed by atoms with Gasteiger partial charge < -0.3 is 5.73 Å². The van der Waals surface area contributed by atoms with E-state index in [1.807, 2.05) is 32.0 Å². The lowest BCUT2D eigenvalue weighted by Gasteiger charge is -2.26. The molecule has 0 aromatic heterocycles. The van der Waals surface area contributed by atoms with Crippen LogP contribution in [0.25, 0.3) is 0 Å². The maximum absolute atomic E-state index is 13.5. The molecule has 0 spiro atoms. The molecule has 100 valence electrons. The highest BCUT2D eigenvalue weighted by molar-refractivity contribution is 5.40. The zero-order valence-electron chi connectivity index (χ0n) is 11.7. The summed E-state index contributed by atoms with van der Waals surface area (Å²) in [4.78, 5) is 0. The molecular weight excluding hydrogens is 237 g/mol. The second kappa shape index (κ2) is 5.14. The third kappa shape index (κ3) is 2.85. The molecular formula is C17H20FN. The first kappa shape index (κ1) is 13.8. The van der Waals surface area contributed by atoms with Crippen LogP contribution in [0.15, 0.2) is 42.5 Å². The van der Waals surface area contributed by atoms with E-state index in [1.165, 1.54) is 17.7 Å². The predicted octanol–water partition coefficient (Wildman–Crippen LogP) is 3.92. The Morgan fingerprint density at radius 3 is 2.21 bits per heavy atom. The Hall–Kier alpha value is -1.67. The van der Waals surface area contributed by atoms with E-state index < -0.39 is 5.54 Å². The fourth-order valence-corrected chi connectivity index (χ4v) is 2.29. The zero-order valence-corrected chi connectivity index (χ0v) is 11.7. The number of hydrogen-bond acceptors (Lipinski definition) is 1. The Balaban J connectivity index is 2.44. The van der Waals surface area contributed by atoms with Crippen LogP contribution in [0.1, 0.15) is 36.1 Å². The minimum absolute atomic E-state index is 0.239. The second-order valence-corrected chi connectivity index (χ2v) is 5.27. The molecule has 2 heteroatoms. The summed E-state index contributed by atoms with van der Waals surface area (Å²) in [6, 6.07) is 13.2. The molecule has 19 heavy (non-hydrogen) atoms. The van der Waals surface area contributed by atoms with Crippen LogP contribution in [0.5, 0.6) is 0 Å². The monoisotopic (exact) mass is 257 g/mol. The predicted molar refractivity (Wildman–Crippen MR) is 77.6 cm³/mol. The number of rotatable bonds is 3. The minimum atomic E-state index is -0.681. The van der Waals surface area contributed by atoms with Crippen LogP contribution in [-0.4, -0.2) is 0 Å². The molecule has 0 fully saturated rings.